The number of hydrogen-bond acceptors (Lipinski definition) is 3. The first-order chi connectivity index (χ1) is 8.06. The van der Waals surface area contributed by atoms with Crippen molar-refractivity contribution in [2.24, 2.45) is 0 Å². The third kappa shape index (κ3) is 2.87. The average Bonchev–Trinajstić information content (AvgIpc) is 2.62. The SMILES string of the molecule is Nc1cc(F)c(NCc2ccc(Cl)s2)c(F)c1. The lowest BCUT2D eigenvalue weighted by molar-refractivity contribution is 0.589. The molecular weight excluding hydrogens is 266 g/mol. The number of benzene rings is 1. The molecule has 1 aromatic carbocycles. The van der Waals surface area contributed by atoms with E-state index in [2.05, 4.69) is 5.32 Å². The third-order valence-electron chi connectivity index (χ3n) is 2.13. The van der Waals surface area contributed by atoms with E-state index in [1.54, 1.807) is 12.1 Å². The van der Waals surface area contributed by atoms with Crippen molar-refractivity contribution in [2.45, 2.75) is 6.54 Å². The Balaban J connectivity index is 2.14. The van der Waals surface area contributed by atoms with Crippen LogP contribution in [0.25, 0.3) is 0 Å². The summed E-state index contributed by atoms with van der Waals surface area (Å²) < 4.78 is 27.5. The largest absolute Gasteiger partial charge is 0.399 e. The fourth-order valence-electron chi connectivity index (χ4n) is 1.38. The van der Waals surface area contributed by atoms with Gasteiger partial charge in [0.05, 0.1) is 4.34 Å². The number of rotatable bonds is 3. The fourth-order valence-corrected chi connectivity index (χ4v) is 2.41. The van der Waals surface area contributed by atoms with Crippen molar-refractivity contribution < 1.29 is 8.78 Å². The molecule has 0 saturated heterocycles. The second-order valence-corrected chi connectivity index (χ2v) is 5.22. The highest BCUT2D eigenvalue weighted by atomic mass is 35.5. The molecule has 0 aliphatic rings. The zero-order chi connectivity index (χ0) is 12.4. The van der Waals surface area contributed by atoms with E-state index in [0.717, 1.165) is 17.0 Å². The molecule has 0 saturated carbocycles. The van der Waals surface area contributed by atoms with E-state index in [1.807, 2.05) is 0 Å². The zero-order valence-electron chi connectivity index (χ0n) is 8.64. The maximum Gasteiger partial charge on any atom is 0.151 e. The summed E-state index contributed by atoms with van der Waals surface area (Å²) >= 11 is 7.11. The smallest absolute Gasteiger partial charge is 0.151 e. The molecule has 0 radical (unpaired) electrons. The van der Waals surface area contributed by atoms with Gasteiger partial charge in [-0.2, -0.15) is 0 Å². The summed E-state index contributed by atoms with van der Waals surface area (Å²) in [6.07, 6.45) is 0. The van der Waals surface area contributed by atoms with Gasteiger partial charge < -0.3 is 11.1 Å². The third-order valence-corrected chi connectivity index (χ3v) is 3.36. The lowest BCUT2D eigenvalue weighted by Gasteiger charge is -2.08. The van der Waals surface area contributed by atoms with Gasteiger partial charge >= 0.3 is 0 Å². The molecule has 17 heavy (non-hydrogen) atoms. The molecule has 6 heteroatoms. The highest BCUT2D eigenvalue weighted by molar-refractivity contribution is 7.16. The predicted molar refractivity (Wildman–Crippen MR) is 67.4 cm³/mol. The molecule has 2 aromatic rings. The molecule has 90 valence electrons. The van der Waals surface area contributed by atoms with Crippen LogP contribution in [0.2, 0.25) is 4.34 Å². The highest BCUT2D eigenvalue weighted by Crippen LogP contribution is 2.25. The van der Waals surface area contributed by atoms with Crippen molar-refractivity contribution in [3.8, 4) is 0 Å². The predicted octanol–water partition coefficient (Wildman–Crippen LogP) is 3.87. The fraction of sp³-hybridized carbons (Fsp3) is 0.0909. The topological polar surface area (TPSA) is 38.0 Å². The molecule has 0 aliphatic heterocycles. The number of nitrogens with one attached hydrogen (secondary N) is 1. The zero-order valence-corrected chi connectivity index (χ0v) is 10.2. The van der Waals surface area contributed by atoms with E-state index in [9.17, 15) is 8.78 Å². The summed E-state index contributed by atoms with van der Waals surface area (Å²) in [6.45, 7) is 0.315. The average molecular weight is 275 g/mol. The maximum atomic E-state index is 13.4. The molecule has 2 nitrogen and oxygen atoms in total. The van der Waals surface area contributed by atoms with Crippen LogP contribution in [0.15, 0.2) is 24.3 Å². The Kier molecular flexibility index (Phi) is 3.49. The van der Waals surface area contributed by atoms with Gasteiger partial charge in [-0.05, 0) is 24.3 Å². The molecule has 1 aromatic heterocycles. The Hall–Kier alpha value is -1.33. The van der Waals surface area contributed by atoms with Gasteiger partial charge in [0, 0.05) is 17.1 Å². The summed E-state index contributed by atoms with van der Waals surface area (Å²) in [5.74, 6) is -1.41. The van der Waals surface area contributed by atoms with Crippen LogP contribution < -0.4 is 11.1 Å². The first-order valence-corrected chi connectivity index (χ1v) is 5.98. The second-order valence-electron chi connectivity index (χ2n) is 3.42. The number of hydrogen-bond donors (Lipinski definition) is 2. The van der Waals surface area contributed by atoms with Crippen LogP contribution in [-0.4, -0.2) is 0 Å². The molecule has 0 bridgehead atoms. The van der Waals surface area contributed by atoms with E-state index in [1.165, 1.54) is 11.3 Å². The number of anilines is 2. The van der Waals surface area contributed by atoms with Crippen LogP contribution in [0.4, 0.5) is 20.2 Å². The van der Waals surface area contributed by atoms with Gasteiger partial charge in [0.2, 0.25) is 0 Å². The Morgan fingerprint density at radius 2 is 1.88 bits per heavy atom. The van der Waals surface area contributed by atoms with E-state index < -0.39 is 11.6 Å². The summed E-state index contributed by atoms with van der Waals surface area (Å²) in [4.78, 5) is 0.894. The molecule has 0 aliphatic carbocycles. The first-order valence-electron chi connectivity index (χ1n) is 4.79. The molecule has 0 spiro atoms. The Bertz CT molecular complexity index is 519. The molecule has 0 fully saturated rings. The van der Waals surface area contributed by atoms with Crippen LogP contribution in [0.5, 0.6) is 0 Å². The summed E-state index contributed by atoms with van der Waals surface area (Å²) in [7, 11) is 0. The monoisotopic (exact) mass is 274 g/mol. The van der Waals surface area contributed by atoms with Gasteiger partial charge in [-0.25, -0.2) is 8.78 Å². The number of nitrogens with two attached hydrogens (primary N) is 1. The summed E-state index contributed by atoms with van der Waals surface area (Å²) in [5.41, 5.74) is 5.20. The standard InChI is InChI=1S/C11H9ClF2N2S/c12-10-2-1-7(17-10)5-16-11-8(13)3-6(15)4-9(11)14/h1-4,16H,5,15H2. The highest BCUT2D eigenvalue weighted by Gasteiger charge is 2.10. The molecule has 0 unspecified atom stereocenters. The van der Waals surface area contributed by atoms with E-state index >= 15 is 0 Å². The Labute approximate surface area is 106 Å². The van der Waals surface area contributed by atoms with Gasteiger partial charge in [-0.1, -0.05) is 11.6 Å². The minimum absolute atomic E-state index is 0.0599. The number of nitrogen functional groups attached to an aromatic ring is 1. The van der Waals surface area contributed by atoms with Crippen LogP contribution in [-0.2, 0) is 6.54 Å². The molecule has 0 atom stereocenters. The van der Waals surface area contributed by atoms with Crippen molar-refractivity contribution in [1.82, 2.24) is 0 Å². The van der Waals surface area contributed by atoms with Crippen molar-refractivity contribution in [3.05, 3.63) is 45.1 Å². The van der Waals surface area contributed by atoms with Gasteiger partial charge in [-0.3, -0.25) is 0 Å². The number of halogens is 3. The number of thiophene rings is 1. The van der Waals surface area contributed by atoms with Crippen molar-refractivity contribution >= 4 is 34.3 Å². The molecule has 0 amide bonds. The normalized spacial score (nSPS) is 10.5. The van der Waals surface area contributed by atoms with Crippen molar-refractivity contribution in [2.75, 3.05) is 11.1 Å². The minimum atomic E-state index is -0.704. The van der Waals surface area contributed by atoms with Crippen LogP contribution >= 0.6 is 22.9 Å². The summed E-state index contributed by atoms with van der Waals surface area (Å²) in [6, 6.07) is 5.69. The van der Waals surface area contributed by atoms with Crippen LogP contribution in [0.3, 0.4) is 0 Å². The molecule has 2 rings (SSSR count). The van der Waals surface area contributed by atoms with E-state index in [4.69, 9.17) is 17.3 Å². The van der Waals surface area contributed by atoms with Crippen molar-refractivity contribution in [3.63, 3.8) is 0 Å². The van der Waals surface area contributed by atoms with Gasteiger partial charge in [0.25, 0.3) is 0 Å². The van der Waals surface area contributed by atoms with Crippen LogP contribution in [0.1, 0.15) is 4.88 Å². The van der Waals surface area contributed by atoms with Gasteiger partial charge in [-0.15, -0.1) is 11.3 Å². The lowest BCUT2D eigenvalue weighted by atomic mass is 10.2. The summed E-state index contributed by atoms with van der Waals surface area (Å²) in [5, 5.41) is 2.68. The van der Waals surface area contributed by atoms with Gasteiger partial charge in [0.1, 0.15) is 5.69 Å². The maximum absolute atomic E-state index is 13.4. The molecule has 3 N–H and O–H groups in total. The molecule has 1 heterocycles. The van der Waals surface area contributed by atoms with E-state index in [0.29, 0.717) is 10.9 Å². The van der Waals surface area contributed by atoms with Gasteiger partial charge in [0.15, 0.2) is 11.6 Å². The lowest BCUT2D eigenvalue weighted by Crippen LogP contribution is -2.03. The first kappa shape index (κ1) is 12.1. The Morgan fingerprint density at radius 1 is 1.24 bits per heavy atom. The van der Waals surface area contributed by atoms with Crippen LogP contribution in [0, 0.1) is 11.6 Å². The second kappa shape index (κ2) is 4.89. The minimum Gasteiger partial charge on any atom is -0.399 e. The quantitative estimate of drug-likeness (QED) is 0.834. The van der Waals surface area contributed by atoms with E-state index in [-0.39, 0.29) is 11.4 Å². The molecular formula is C11H9ClF2N2S. The van der Waals surface area contributed by atoms with Crippen molar-refractivity contribution in [1.29, 1.82) is 0 Å². The Morgan fingerprint density at radius 3 is 2.41 bits per heavy atom.